The molecular weight excluding hydrogens is 527 g/mol. The number of aromatic carboxylic acids is 1. The van der Waals surface area contributed by atoms with Crippen LogP contribution in [0.1, 0.15) is 64.8 Å². The van der Waals surface area contributed by atoms with Gasteiger partial charge in [0.05, 0.1) is 11.3 Å². The van der Waals surface area contributed by atoms with Crippen molar-refractivity contribution in [1.29, 1.82) is 0 Å². The standard InChI is InChI=1S/C27H35N3O3.C2HF3O2/c1-20-7-3-4-8-23(20)26(31)28-22-9-10-25(24(19-22)27(32)33)30-17-12-21(13-18-30)11-16-29-14-5-2-6-15-29;3-2(4,5)1(6)7/h3-4,7-10,19,21H,2,5-6,11-18H2,1H3,(H,28,31)(H,32,33);(H,6,7). The molecule has 0 bridgehead atoms. The molecule has 4 rings (SSSR count). The highest BCUT2D eigenvalue weighted by molar-refractivity contribution is 6.06. The fourth-order valence-corrected chi connectivity index (χ4v) is 5.10. The molecule has 2 aromatic rings. The van der Waals surface area contributed by atoms with E-state index in [1.165, 1.54) is 45.3 Å². The maximum atomic E-state index is 12.6. The minimum Gasteiger partial charge on any atom is -0.478 e. The first-order valence-electron chi connectivity index (χ1n) is 13.5. The van der Waals surface area contributed by atoms with Crippen LogP contribution in [-0.4, -0.2) is 71.9 Å². The molecule has 0 unspecified atom stereocenters. The summed E-state index contributed by atoms with van der Waals surface area (Å²) in [4.78, 5) is 38.3. The molecule has 11 heteroatoms. The molecule has 0 aliphatic carbocycles. The third-order valence-corrected chi connectivity index (χ3v) is 7.37. The molecule has 2 heterocycles. The first-order chi connectivity index (χ1) is 19.0. The number of nitrogens with one attached hydrogen (secondary N) is 1. The number of aryl methyl sites for hydroxylation is 1. The van der Waals surface area contributed by atoms with Crippen LogP contribution >= 0.6 is 0 Å². The number of carbonyl (C=O) groups is 3. The van der Waals surface area contributed by atoms with Gasteiger partial charge in [0.15, 0.2) is 0 Å². The Kier molecular flexibility index (Phi) is 10.9. The van der Waals surface area contributed by atoms with Gasteiger partial charge in [0.25, 0.3) is 5.91 Å². The Balaban J connectivity index is 0.000000559. The number of likely N-dealkylation sites (tertiary alicyclic amines) is 1. The van der Waals surface area contributed by atoms with E-state index in [2.05, 4.69) is 15.1 Å². The number of anilines is 2. The van der Waals surface area contributed by atoms with Crippen molar-refractivity contribution in [3.63, 3.8) is 0 Å². The van der Waals surface area contributed by atoms with Gasteiger partial charge in [0.2, 0.25) is 0 Å². The predicted octanol–water partition coefficient (Wildman–Crippen LogP) is 5.67. The number of nitrogens with zero attached hydrogens (tertiary/aromatic N) is 2. The van der Waals surface area contributed by atoms with Crippen LogP contribution in [-0.2, 0) is 4.79 Å². The number of amides is 1. The van der Waals surface area contributed by atoms with Gasteiger partial charge in [-0.1, -0.05) is 24.6 Å². The SMILES string of the molecule is Cc1ccccc1C(=O)Nc1ccc(N2CCC(CCN3CCCCC3)CC2)c(C(=O)O)c1.O=C(O)C(F)(F)F. The maximum Gasteiger partial charge on any atom is 0.490 e. The molecule has 2 aliphatic heterocycles. The van der Waals surface area contributed by atoms with Crippen LogP contribution in [0, 0.1) is 12.8 Å². The lowest BCUT2D eigenvalue weighted by Gasteiger charge is -2.35. The number of halogens is 3. The topological polar surface area (TPSA) is 110 Å². The first-order valence-corrected chi connectivity index (χ1v) is 13.5. The average Bonchev–Trinajstić information content (AvgIpc) is 2.93. The van der Waals surface area contributed by atoms with Crippen LogP contribution in [0.2, 0.25) is 0 Å². The van der Waals surface area contributed by atoms with E-state index in [9.17, 15) is 27.9 Å². The molecule has 0 atom stereocenters. The Morgan fingerprint density at radius 2 is 1.55 bits per heavy atom. The first kappa shape index (κ1) is 30.9. The number of piperidine rings is 2. The minimum atomic E-state index is -5.08. The fourth-order valence-electron chi connectivity index (χ4n) is 5.10. The summed E-state index contributed by atoms with van der Waals surface area (Å²) in [7, 11) is 0. The van der Waals surface area contributed by atoms with E-state index in [0.29, 0.717) is 17.2 Å². The Labute approximate surface area is 231 Å². The molecule has 1 amide bonds. The normalized spacial score (nSPS) is 16.6. The summed E-state index contributed by atoms with van der Waals surface area (Å²) in [6, 6.07) is 12.6. The summed E-state index contributed by atoms with van der Waals surface area (Å²) < 4.78 is 31.7. The third kappa shape index (κ3) is 8.97. The number of hydrogen-bond donors (Lipinski definition) is 3. The summed E-state index contributed by atoms with van der Waals surface area (Å²) in [5, 5.41) is 19.8. The van der Waals surface area contributed by atoms with Crippen molar-refractivity contribution in [3.8, 4) is 0 Å². The monoisotopic (exact) mass is 563 g/mol. The highest BCUT2D eigenvalue weighted by atomic mass is 19.4. The zero-order valence-corrected chi connectivity index (χ0v) is 22.5. The molecule has 0 spiro atoms. The van der Waals surface area contributed by atoms with Crippen LogP contribution in [0.15, 0.2) is 42.5 Å². The summed E-state index contributed by atoms with van der Waals surface area (Å²) >= 11 is 0. The van der Waals surface area contributed by atoms with E-state index in [0.717, 1.165) is 37.2 Å². The second-order valence-corrected chi connectivity index (χ2v) is 10.2. The Bertz CT molecular complexity index is 1170. The molecule has 2 aromatic carbocycles. The molecule has 2 aliphatic rings. The molecule has 2 saturated heterocycles. The van der Waals surface area contributed by atoms with E-state index in [4.69, 9.17) is 9.90 Å². The number of aliphatic carboxylic acids is 1. The second-order valence-electron chi connectivity index (χ2n) is 10.2. The number of alkyl halides is 3. The minimum absolute atomic E-state index is 0.230. The fraction of sp³-hybridized carbons (Fsp3) is 0.483. The van der Waals surface area contributed by atoms with Crippen LogP contribution in [0.4, 0.5) is 24.5 Å². The van der Waals surface area contributed by atoms with Crippen molar-refractivity contribution < 1.29 is 37.8 Å². The lowest BCUT2D eigenvalue weighted by molar-refractivity contribution is -0.192. The largest absolute Gasteiger partial charge is 0.490 e. The smallest absolute Gasteiger partial charge is 0.478 e. The molecular formula is C29H36F3N3O5. The van der Waals surface area contributed by atoms with Gasteiger partial charge in [-0.15, -0.1) is 0 Å². The number of carboxylic acid groups (broad SMARTS) is 2. The van der Waals surface area contributed by atoms with Gasteiger partial charge in [-0.25, -0.2) is 9.59 Å². The molecule has 0 aromatic heterocycles. The van der Waals surface area contributed by atoms with Gasteiger partial charge >= 0.3 is 18.1 Å². The van der Waals surface area contributed by atoms with Crippen LogP contribution in [0.5, 0.6) is 0 Å². The third-order valence-electron chi connectivity index (χ3n) is 7.37. The van der Waals surface area contributed by atoms with Crippen LogP contribution < -0.4 is 10.2 Å². The number of carbonyl (C=O) groups excluding carboxylic acids is 1. The summed E-state index contributed by atoms with van der Waals surface area (Å²) in [6.45, 7) is 7.32. The van der Waals surface area contributed by atoms with Crippen molar-refractivity contribution >= 4 is 29.2 Å². The zero-order valence-electron chi connectivity index (χ0n) is 22.5. The van der Waals surface area contributed by atoms with Crippen molar-refractivity contribution in [2.45, 2.75) is 51.6 Å². The Morgan fingerprint density at radius 1 is 0.925 bits per heavy atom. The Hall–Kier alpha value is -3.60. The second kappa shape index (κ2) is 14.2. The van der Waals surface area contributed by atoms with E-state index in [1.807, 2.05) is 31.2 Å². The summed E-state index contributed by atoms with van der Waals surface area (Å²) in [5.74, 6) is -3.24. The van der Waals surface area contributed by atoms with Gasteiger partial charge in [-0.2, -0.15) is 13.2 Å². The zero-order chi connectivity index (χ0) is 29.3. The summed E-state index contributed by atoms with van der Waals surface area (Å²) in [5.41, 5.74) is 2.95. The van der Waals surface area contributed by atoms with E-state index >= 15 is 0 Å². The molecule has 8 nitrogen and oxygen atoms in total. The van der Waals surface area contributed by atoms with Crippen molar-refractivity contribution in [2.24, 2.45) is 5.92 Å². The van der Waals surface area contributed by atoms with Crippen LogP contribution in [0.25, 0.3) is 0 Å². The lowest BCUT2D eigenvalue weighted by Crippen LogP contribution is -2.37. The molecule has 0 radical (unpaired) electrons. The number of benzene rings is 2. The number of hydrogen-bond acceptors (Lipinski definition) is 5. The highest BCUT2D eigenvalue weighted by Crippen LogP contribution is 2.30. The average molecular weight is 564 g/mol. The van der Waals surface area contributed by atoms with Gasteiger partial charge < -0.3 is 25.3 Å². The number of carboxylic acids is 2. The van der Waals surface area contributed by atoms with Gasteiger partial charge in [-0.3, -0.25) is 4.79 Å². The van der Waals surface area contributed by atoms with Crippen molar-refractivity contribution in [1.82, 2.24) is 4.90 Å². The summed E-state index contributed by atoms with van der Waals surface area (Å²) in [6.07, 6.45) is 2.38. The van der Waals surface area contributed by atoms with E-state index in [-0.39, 0.29) is 11.5 Å². The highest BCUT2D eigenvalue weighted by Gasteiger charge is 2.38. The molecule has 218 valence electrons. The van der Waals surface area contributed by atoms with Crippen molar-refractivity contribution in [2.75, 3.05) is 42.9 Å². The molecule has 2 fully saturated rings. The van der Waals surface area contributed by atoms with Gasteiger partial charge in [0, 0.05) is 24.3 Å². The van der Waals surface area contributed by atoms with Crippen LogP contribution in [0.3, 0.4) is 0 Å². The van der Waals surface area contributed by atoms with Crippen molar-refractivity contribution in [3.05, 3.63) is 59.2 Å². The van der Waals surface area contributed by atoms with E-state index in [1.54, 1.807) is 18.2 Å². The lowest BCUT2D eigenvalue weighted by atomic mass is 9.92. The molecule has 3 N–H and O–H groups in total. The maximum absolute atomic E-state index is 12.6. The van der Waals surface area contributed by atoms with E-state index < -0.39 is 18.1 Å². The Morgan fingerprint density at radius 3 is 2.12 bits per heavy atom. The quantitative estimate of drug-likeness (QED) is 0.398. The molecule has 40 heavy (non-hydrogen) atoms. The number of rotatable bonds is 7. The van der Waals surface area contributed by atoms with Gasteiger partial charge in [-0.05, 0) is 94.4 Å². The predicted molar refractivity (Wildman–Crippen MR) is 146 cm³/mol. The van der Waals surface area contributed by atoms with Gasteiger partial charge in [0.1, 0.15) is 0 Å². The molecule has 0 saturated carbocycles.